The van der Waals surface area contributed by atoms with Crippen molar-refractivity contribution in [1.29, 1.82) is 0 Å². The Labute approximate surface area is 123 Å². The fourth-order valence-corrected chi connectivity index (χ4v) is 1.14. The van der Waals surface area contributed by atoms with Gasteiger partial charge in [-0.05, 0) is 24.1 Å². The standard InChI is InChI=1S/C14H23NO2.ClH/c1-4-12-5-7-14(8-6-12)17-10-13(16)9-15-11(2)3;/h5-8,11,13,15-16H,4,9-10H2,1-3H3;1H/i9D2,10D2,13D;. The van der Waals surface area contributed by atoms with Crippen molar-refractivity contribution in [3.05, 3.63) is 29.8 Å². The summed E-state index contributed by atoms with van der Waals surface area (Å²) in [6.07, 6.45) is -2.33. The van der Waals surface area contributed by atoms with Crippen LogP contribution in [0.4, 0.5) is 0 Å². The highest BCUT2D eigenvalue weighted by Gasteiger charge is 2.05. The Kier molecular flexibility index (Phi) is 5.15. The molecule has 18 heavy (non-hydrogen) atoms. The Morgan fingerprint density at radius 2 is 2.00 bits per heavy atom. The topological polar surface area (TPSA) is 41.5 Å². The van der Waals surface area contributed by atoms with E-state index in [0.717, 1.165) is 12.0 Å². The molecule has 0 aliphatic carbocycles. The summed E-state index contributed by atoms with van der Waals surface area (Å²) in [5.41, 5.74) is 1.03. The normalized spacial score (nSPS) is 19.5. The number of hydrogen-bond acceptors (Lipinski definition) is 3. The number of aryl methyl sites for hydroxylation is 1. The Hall–Kier alpha value is -0.770. The summed E-state index contributed by atoms with van der Waals surface area (Å²) in [4.78, 5) is 0. The van der Waals surface area contributed by atoms with Crippen molar-refractivity contribution in [2.75, 3.05) is 13.1 Å². The van der Waals surface area contributed by atoms with Crippen LogP contribution in [0.2, 0.25) is 0 Å². The van der Waals surface area contributed by atoms with Gasteiger partial charge in [-0.15, -0.1) is 12.4 Å². The van der Waals surface area contributed by atoms with E-state index in [2.05, 4.69) is 5.32 Å². The van der Waals surface area contributed by atoms with Gasteiger partial charge in [0.05, 0.1) is 4.11 Å². The lowest BCUT2D eigenvalue weighted by atomic mass is 10.2. The average Bonchev–Trinajstić information content (AvgIpc) is 2.37. The summed E-state index contributed by atoms with van der Waals surface area (Å²) in [7, 11) is 0. The van der Waals surface area contributed by atoms with Gasteiger partial charge in [-0.2, -0.15) is 0 Å². The van der Waals surface area contributed by atoms with E-state index in [4.69, 9.17) is 11.6 Å². The highest BCUT2D eigenvalue weighted by molar-refractivity contribution is 5.85. The lowest BCUT2D eigenvalue weighted by Crippen LogP contribution is -2.35. The number of ether oxygens (including phenoxy) is 1. The van der Waals surface area contributed by atoms with E-state index in [1.165, 1.54) is 12.1 Å². The first kappa shape index (κ1) is 10.1. The van der Waals surface area contributed by atoms with Crippen molar-refractivity contribution < 1.29 is 16.7 Å². The molecule has 1 rings (SSSR count). The molecule has 0 saturated heterocycles. The maximum Gasteiger partial charge on any atom is 0.119 e. The second kappa shape index (κ2) is 9.20. The first-order chi connectivity index (χ1) is 9.93. The van der Waals surface area contributed by atoms with Gasteiger partial charge >= 0.3 is 0 Å². The first-order valence-electron chi connectivity index (χ1n) is 8.21. The minimum Gasteiger partial charge on any atom is -0.491 e. The molecule has 0 saturated carbocycles. The largest absolute Gasteiger partial charge is 0.491 e. The molecule has 3 nitrogen and oxygen atoms in total. The molecule has 2 N–H and O–H groups in total. The summed E-state index contributed by atoms with van der Waals surface area (Å²) < 4.78 is 43.9. The van der Waals surface area contributed by atoms with Gasteiger partial charge in [-0.3, -0.25) is 0 Å². The van der Waals surface area contributed by atoms with E-state index >= 15 is 0 Å². The maximum absolute atomic E-state index is 10.1. The summed E-state index contributed by atoms with van der Waals surface area (Å²) >= 11 is 0. The van der Waals surface area contributed by atoms with E-state index < -0.39 is 19.1 Å². The van der Waals surface area contributed by atoms with Crippen molar-refractivity contribution in [1.82, 2.24) is 5.32 Å². The highest BCUT2D eigenvalue weighted by atomic mass is 35.5. The van der Waals surface area contributed by atoms with Gasteiger partial charge in [0.2, 0.25) is 0 Å². The molecule has 104 valence electrons. The molecule has 0 heterocycles. The predicted octanol–water partition coefficient (Wildman–Crippen LogP) is 2.41. The first-order valence-corrected chi connectivity index (χ1v) is 5.71. The summed E-state index contributed by atoms with van der Waals surface area (Å²) in [6, 6.07) is 6.16. The molecule has 1 unspecified atom stereocenters. The van der Waals surface area contributed by atoms with Crippen molar-refractivity contribution in [3.8, 4) is 5.75 Å². The summed E-state index contributed by atoms with van der Waals surface area (Å²) in [5.74, 6) is 0.119. The molecule has 0 aliphatic rings. The van der Waals surface area contributed by atoms with Gasteiger partial charge in [-0.25, -0.2) is 0 Å². The smallest absolute Gasteiger partial charge is 0.119 e. The van der Waals surface area contributed by atoms with Gasteiger partial charge < -0.3 is 15.2 Å². The van der Waals surface area contributed by atoms with Crippen LogP contribution in [-0.4, -0.2) is 30.3 Å². The van der Waals surface area contributed by atoms with Crippen molar-refractivity contribution >= 4 is 12.4 Å². The van der Waals surface area contributed by atoms with Crippen LogP contribution in [0.3, 0.4) is 0 Å². The van der Waals surface area contributed by atoms with Crippen LogP contribution in [0.5, 0.6) is 5.75 Å². The monoisotopic (exact) mass is 278 g/mol. The summed E-state index contributed by atoms with van der Waals surface area (Å²) in [6.45, 7) is -0.411. The second-order valence-corrected chi connectivity index (χ2v) is 3.97. The molecule has 1 atom stereocenters. The zero-order valence-corrected chi connectivity index (χ0v) is 11.7. The fourth-order valence-electron chi connectivity index (χ4n) is 1.14. The van der Waals surface area contributed by atoms with Gasteiger partial charge in [0.25, 0.3) is 0 Å². The maximum atomic E-state index is 10.1. The van der Waals surface area contributed by atoms with Crippen LogP contribution < -0.4 is 10.1 Å². The highest BCUT2D eigenvalue weighted by Crippen LogP contribution is 2.12. The third-order valence-electron chi connectivity index (χ3n) is 2.08. The molecule has 1 aromatic carbocycles. The number of rotatable bonds is 7. The molecule has 0 radical (unpaired) electrons. The van der Waals surface area contributed by atoms with Gasteiger partial charge in [0, 0.05) is 15.3 Å². The SMILES string of the molecule is Cl.[2H]C([2H])(NC(C)C)C([2H])(O)C([2H])([2H])Oc1ccc(CC)cc1. The Balaban J connectivity index is 0.00000484. The van der Waals surface area contributed by atoms with Crippen LogP contribution in [0, 0.1) is 0 Å². The minimum absolute atomic E-state index is 0. The zero-order chi connectivity index (χ0) is 17.2. The van der Waals surface area contributed by atoms with Crippen LogP contribution >= 0.6 is 12.4 Å². The third-order valence-corrected chi connectivity index (χ3v) is 2.08. The van der Waals surface area contributed by atoms with E-state index in [1.54, 1.807) is 26.0 Å². The number of benzene rings is 1. The molecule has 0 spiro atoms. The third kappa shape index (κ3) is 6.84. The Morgan fingerprint density at radius 3 is 2.50 bits per heavy atom. The molecule has 0 aliphatic heterocycles. The zero-order valence-electron chi connectivity index (χ0n) is 15.9. The van der Waals surface area contributed by atoms with Crippen LogP contribution in [0.15, 0.2) is 24.3 Å². The van der Waals surface area contributed by atoms with Crippen LogP contribution in [0.1, 0.15) is 33.2 Å². The van der Waals surface area contributed by atoms with E-state index in [9.17, 15) is 5.11 Å². The molecule has 0 aromatic heterocycles. The predicted molar refractivity (Wildman–Crippen MR) is 77.7 cm³/mol. The molecule has 1 aromatic rings. The van der Waals surface area contributed by atoms with Crippen LogP contribution in [-0.2, 0) is 6.42 Å². The van der Waals surface area contributed by atoms with Crippen molar-refractivity contribution in [3.63, 3.8) is 0 Å². The second-order valence-electron chi connectivity index (χ2n) is 3.97. The van der Waals surface area contributed by atoms with Gasteiger partial charge in [0.1, 0.15) is 18.4 Å². The Morgan fingerprint density at radius 1 is 1.39 bits per heavy atom. The van der Waals surface area contributed by atoms with E-state index in [1.807, 2.05) is 6.92 Å². The minimum atomic E-state index is -3.15. The van der Waals surface area contributed by atoms with E-state index in [-0.39, 0.29) is 24.2 Å². The quantitative estimate of drug-likeness (QED) is 0.805. The summed E-state index contributed by atoms with van der Waals surface area (Å²) in [5, 5.41) is 12.5. The molecule has 0 fully saturated rings. The van der Waals surface area contributed by atoms with Crippen molar-refractivity contribution in [2.45, 2.75) is 39.3 Å². The number of nitrogens with one attached hydrogen (secondary N) is 1. The lowest BCUT2D eigenvalue weighted by molar-refractivity contribution is 0.104. The van der Waals surface area contributed by atoms with Gasteiger partial charge in [0.15, 0.2) is 0 Å². The number of halogens is 1. The molecule has 0 bridgehead atoms. The fraction of sp³-hybridized carbons (Fsp3) is 0.571. The van der Waals surface area contributed by atoms with E-state index in [0.29, 0.717) is 0 Å². The number of hydrogen-bond donors (Lipinski definition) is 2. The average molecular weight is 279 g/mol. The molecular weight excluding hydrogens is 250 g/mol. The molecule has 0 amide bonds. The number of aliphatic hydroxyl groups is 1. The molecule has 4 heteroatoms. The van der Waals surface area contributed by atoms with Gasteiger partial charge in [-0.1, -0.05) is 32.9 Å². The lowest BCUT2D eigenvalue weighted by Gasteiger charge is -2.15. The Bertz CT molecular complexity index is 494. The molecular formula is C14H24ClNO2. The van der Waals surface area contributed by atoms with Crippen molar-refractivity contribution in [2.24, 2.45) is 0 Å². The van der Waals surface area contributed by atoms with Crippen LogP contribution in [0.25, 0.3) is 0 Å².